The van der Waals surface area contributed by atoms with Gasteiger partial charge in [0.05, 0.1) is 31.7 Å². The molecule has 2 aromatic rings. The summed E-state index contributed by atoms with van der Waals surface area (Å²) in [7, 11) is 2.94. The molecule has 0 radical (unpaired) electrons. The summed E-state index contributed by atoms with van der Waals surface area (Å²) in [4.78, 5) is 16.5. The molecule has 1 N–H and O–H groups in total. The van der Waals surface area contributed by atoms with E-state index >= 15 is 0 Å². The van der Waals surface area contributed by atoms with E-state index in [1.807, 2.05) is 39.1 Å². The predicted octanol–water partition coefficient (Wildman–Crippen LogP) is 4.66. The van der Waals surface area contributed by atoms with Gasteiger partial charge in [-0.1, -0.05) is 64.8 Å². The number of carbonyl (C=O) groups excluding carboxylic acids is 1. The maximum absolute atomic E-state index is 11.8. The van der Waals surface area contributed by atoms with Crippen LogP contribution in [0.1, 0.15) is 69.3 Å². The Hall–Kier alpha value is -2.73. The van der Waals surface area contributed by atoms with Crippen molar-refractivity contribution in [2.75, 3.05) is 20.8 Å². The van der Waals surface area contributed by atoms with Crippen LogP contribution in [0.3, 0.4) is 0 Å². The van der Waals surface area contributed by atoms with E-state index in [-0.39, 0.29) is 0 Å². The molecule has 33 heavy (non-hydrogen) atoms. The quantitative estimate of drug-likeness (QED) is 0.291. The van der Waals surface area contributed by atoms with Gasteiger partial charge in [0.15, 0.2) is 5.82 Å². The number of methoxy groups -OCH3 is 2. The van der Waals surface area contributed by atoms with Gasteiger partial charge < -0.3 is 19.4 Å². The molecule has 2 rings (SSSR count). The number of rotatable bonds is 11. The van der Waals surface area contributed by atoms with Gasteiger partial charge in [0.1, 0.15) is 10.9 Å². The van der Waals surface area contributed by atoms with Gasteiger partial charge in [0, 0.05) is 18.3 Å². The number of unbranched alkanes of at least 4 members (excludes halogenated alkanes) is 2. The largest absolute Gasteiger partial charge is 0.496 e. The summed E-state index contributed by atoms with van der Waals surface area (Å²) >= 11 is 6.29. The third kappa shape index (κ3) is 8.28. The lowest BCUT2D eigenvalue weighted by molar-refractivity contribution is 0.0600. The zero-order valence-corrected chi connectivity index (χ0v) is 21.6. The molecular weight excluding hydrogens is 438 g/mol. The highest BCUT2D eigenvalue weighted by Gasteiger charge is 2.12. The van der Waals surface area contributed by atoms with Crippen LogP contribution < -0.4 is 20.6 Å². The van der Waals surface area contributed by atoms with Crippen molar-refractivity contribution in [3.05, 3.63) is 52.2 Å². The molecule has 0 amide bonds. The van der Waals surface area contributed by atoms with Crippen LogP contribution in [0, 0.1) is 0 Å². The topological polar surface area (TPSA) is 64.8 Å². The number of hydrogen-bond acceptors (Lipinski definition) is 5. The second-order valence-electron chi connectivity index (χ2n) is 7.16. The second kappa shape index (κ2) is 15.2. The molecule has 0 unspecified atom stereocenters. The van der Waals surface area contributed by atoms with Crippen LogP contribution in [0.15, 0.2) is 35.5 Å². The van der Waals surface area contributed by atoms with Crippen molar-refractivity contribution >= 4 is 35.1 Å². The van der Waals surface area contributed by atoms with E-state index in [1.54, 1.807) is 19.2 Å². The number of carbonyl (C=O) groups is 1. The van der Waals surface area contributed by atoms with E-state index in [9.17, 15) is 4.79 Å². The van der Waals surface area contributed by atoms with E-state index in [1.165, 1.54) is 7.11 Å². The molecule has 182 valence electrons. The molecule has 6 nitrogen and oxygen atoms in total. The number of hydrogen-bond donors (Lipinski definition) is 1. The average molecular weight is 476 g/mol. The van der Waals surface area contributed by atoms with Gasteiger partial charge in [-0.3, -0.25) is 0 Å². The summed E-state index contributed by atoms with van der Waals surface area (Å²) in [6, 6.07) is 7.24. The molecule has 0 bridgehead atoms. The van der Waals surface area contributed by atoms with E-state index in [0.717, 1.165) is 41.9 Å². The average Bonchev–Trinajstić information content (AvgIpc) is 3.21. The monoisotopic (exact) mass is 475 g/mol. The predicted molar refractivity (Wildman–Crippen MR) is 139 cm³/mol. The Balaban J connectivity index is 0.00000265. The number of aliphatic imine (C=N–C) groups is 1. The van der Waals surface area contributed by atoms with Crippen molar-refractivity contribution in [2.24, 2.45) is 4.99 Å². The molecule has 0 saturated heterocycles. The third-order valence-corrected chi connectivity index (χ3v) is 5.27. The first-order valence-corrected chi connectivity index (χ1v) is 11.9. The Morgan fingerprint density at radius 1 is 1.18 bits per heavy atom. The number of nitrogens with one attached hydrogen (secondary N) is 1. The van der Waals surface area contributed by atoms with Crippen LogP contribution >= 0.6 is 11.6 Å². The van der Waals surface area contributed by atoms with E-state index in [0.29, 0.717) is 35.3 Å². The molecule has 1 aromatic heterocycles. The molecule has 1 heterocycles. The number of ether oxygens (including phenoxy) is 2. The molecule has 0 atom stereocenters. The van der Waals surface area contributed by atoms with E-state index in [2.05, 4.69) is 28.4 Å². The lowest BCUT2D eigenvalue weighted by Crippen LogP contribution is -2.35. The van der Waals surface area contributed by atoms with Gasteiger partial charge in [-0.25, -0.2) is 9.79 Å². The number of halogens is 1. The summed E-state index contributed by atoms with van der Waals surface area (Å²) in [6.07, 6.45) is 5.96. The minimum Gasteiger partial charge on any atom is -0.496 e. The minimum atomic E-state index is -0.401. The van der Waals surface area contributed by atoms with E-state index in [4.69, 9.17) is 21.1 Å². The van der Waals surface area contributed by atoms with Gasteiger partial charge in [-0.2, -0.15) is 0 Å². The highest BCUT2D eigenvalue weighted by Crippen LogP contribution is 2.21. The zero-order chi connectivity index (χ0) is 24.8. The maximum atomic E-state index is 11.8. The van der Waals surface area contributed by atoms with Crippen molar-refractivity contribution in [3.8, 4) is 5.75 Å². The molecule has 0 aliphatic carbocycles. The molecule has 7 heteroatoms. The summed E-state index contributed by atoms with van der Waals surface area (Å²) in [5.74, 6) is 0.922. The molecule has 0 fully saturated rings. The van der Waals surface area contributed by atoms with Crippen LogP contribution in [-0.2, 0) is 11.3 Å². The van der Waals surface area contributed by atoms with Crippen LogP contribution in [0.4, 0.5) is 0 Å². The summed E-state index contributed by atoms with van der Waals surface area (Å²) < 4.78 is 12.4. The minimum absolute atomic E-state index is 0.401. The molecule has 0 spiro atoms. The third-order valence-electron chi connectivity index (χ3n) is 4.92. The zero-order valence-electron chi connectivity index (χ0n) is 20.8. The van der Waals surface area contributed by atoms with Crippen molar-refractivity contribution in [2.45, 2.75) is 59.9 Å². The lowest BCUT2D eigenvalue weighted by atomic mass is 10.1. The fourth-order valence-electron chi connectivity index (χ4n) is 3.20. The Kier molecular flexibility index (Phi) is 13.0. The van der Waals surface area contributed by atoms with Gasteiger partial charge in [0.2, 0.25) is 0 Å². The van der Waals surface area contributed by atoms with Crippen LogP contribution in [-0.4, -0.2) is 36.5 Å². The highest BCUT2D eigenvalue weighted by molar-refractivity contribution is 6.65. The number of esters is 1. The molecule has 1 aromatic carbocycles. The van der Waals surface area contributed by atoms with Crippen LogP contribution in [0.25, 0.3) is 12.4 Å². The Morgan fingerprint density at radius 3 is 2.52 bits per heavy atom. The number of nitrogens with zero attached hydrogens (tertiary/aromatic N) is 2. The van der Waals surface area contributed by atoms with Crippen LogP contribution in [0.2, 0.25) is 0 Å². The first-order valence-electron chi connectivity index (χ1n) is 11.6. The fourth-order valence-corrected chi connectivity index (χ4v) is 3.28. The molecule has 0 aliphatic heterocycles. The normalized spacial score (nSPS) is 11.9. The summed E-state index contributed by atoms with van der Waals surface area (Å²) in [6.45, 7) is 13.7. The molecule has 0 saturated carbocycles. The van der Waals surface area contributed by atoms with Crippen molar-refractivity contribution in [1.29, 1.82) is 0 Å². The SMILES string of the molecule is C=c1ccn(Cc2ccc(C(=O)OC)cc2OC)/c1=C(/N=C(/Cl)CC)NCCCCC.CC. The number of benzene rings is 1. The van der Waals surface area contributed by atoms with E-state index < -0.39 is 5.97 Å². The summed E-state index contributed by atoms with van der Waals surface area (Å²) in [5.41, 5.74) is 1.36. The lowest BCUT2D eigenvalue weighted by Gasteiger charge is -2.13. The van der Waals surface area contributed by atoms with Crippen molar-refractivity contribution in [1.82, 2.24) is 9.88 Å². The second-order valence-corrected chi connectivity index (χ2v) is 7.60. The Bertz CT molecular complexity index is 1030. The van der Waals surface area contributed by atoms with Crippen molar-refractivity contribution in [3.63, 3.8) is 0 Å². The fraction of sp³-hybridized carbons (Fsp3) is 0.462. The first kappa shape index (κ1) is 28.3. The Labute approximate surface area is 203 Å². The first-order chi connectivity index (χ1) is 15.9. The molecular formula is C26H38ClN3O3. The van der Waals surface area contributed by atoms with Crippen LogP contribution in [0.5, 0.6) is 5.75 Å². The van der Waals surface area contributed by atoms with Gasteiger partial charge in [-0.15, -0.1) is 0 Å². The highest BCUT2D eigenvalue weighted by atomic mass is 35.5. The van der Waals surface area contributed by atoms with Gasteiger partial charge in [-0.05, 0) is 36.3 Å². The van der Waals surface area contributed by atoms with Gasteiger partial charge in [0.25, 0.3) is 0 Å². The van der Waals surface area contributed by atoms with Gasteiger partial charge >= 0.3 is 5.97 Å². The van der Waals surface area contributed by atoms with Crippen molar-refractivity contribution < 1.29 is 14.3 Å². The standard InChI is InChI=1S/C24H32ClN3O3.C2H6/c1-6-8-9-13-26-23(27-21(25)7-2)22-17(3)12-14-28(22)16-19-11-10-18(24(29)31-5)15-20(19)30-4;1-2/h10-12,14-15,26H,3,6-9,13,16H2,1-2,4-5H3;1-2H3/b23-22+,27-21+;. The number of aromatic nitrogens is 1. The molecule has 0 aliphatic rings. The summed E-state index contributed by atoms with van der Waals surface area (Å²) in [5, 5.41) is 5.70. The Morgan fingerprint density at radius 2 is 1.91 bits per heavy atom. The maximum Gasteiger partial charge on any atom is 0.337 e. The smallest absolute Gasteiger partial charge is 0.337 e.